The van der Waals surface area contributed by atoms with Crippen LogP contribution in [-0.2, 0) is 17.1 Å². The van der Waals surface area contributed by atoms with Crippen molar-refractivity contribution in [3.05, 3.63) is 22.4 Å². The Morgan fingerprint density at radius 3 is 2.71 bits per heavy atom. The highest BCUT2D eigenvalue weighted by atomic mass is 35.5. The van der Waals surface area contributed by atoms with Gasteiger partial charge in [0.25, 0.3) is 10.0 Å². The molecule has 0 spiro atoms. The summed E-state index contributed by atoms with van der Waals surface area (Å²) in [6, 6.07) is 0. The largest absolute Gasteiger partial charge is 0.268 e. The molecule has 0 saturated carbocycles. The van der Waals surface area contributed by atoms with Crippen LogP contribution < -0.4 is 4.72 Å². The standard InChI is InChI=1S/C8H9ClN4O2S2/c1-5-6(7(9)13(2)11-5)17(14,15)12-8-10-3-4-16-8/h3-4H,1-2H3,(H,10,12). The summed E-state index contributed by atoms with van der Waals surface area (Å²) in [5.41, 5.74) is 0.349. The summed E-state index contributed by atoms with van der Waals surface area (Å²) in [6.45, 7) is 1.59. The fourth-order valence-electron chi connectivity index (χ4n) is 1.36. The fourth-order valence-corrected chi connectivity index (χ4v) is 3.90. The van der Waals surface area contributed by atoms with E-state index in [0.29, 0.717) is 10.8 Å². The van der Waals surface area contributed by atoms with Gasteiger partial charge in [0.15, 0.2) is 5.13 Å². The molecule has 0 aliphatic rings. The highest BCUT2D eigenvalue weighted by molar-refractivity contribution is 7.93. The van der Waals surface area contributed by atoms with Crippen LogP contribution in [0.4, 0.5) is 5.13 Å². The lowest BCUT2D eigenvalue weighted by Crippen LogP contribution is -2.13. The second-order valence-electron chi connectivity index (χ2n) is 3.27. The third-order valence-electron chi connectivity index (χ3n) is 2.02. The van der Waals surface area contributed by atoms with Crippen molar-refractivity contribution in [3.63, 3.8) is 0 Å². The third-order valence-corrected chi connectivity index (χ3v) is 4.87. The van der Waals surface area contributed by atoms with E-state index in [0.717, 1.165) is 0 Å². The van der Waals surface area contributed by atoms with Gasteiger partial charge in [0.2, 0.25) is 0 Å². The maximum atomic E-state index is 12.1. The number of rotatable bonds is 3. The van der Waals surface area contributed by atoms with E-state index in [1.54, 1.807) is 19.4 Å². The summed E-state index contributed by atoms with van der Waals surface area (Å²) in [4.78, 5) is 3.83. The number of halogens is 1. The van der Waals surface area contributed by atoms with Crippen molar-refractivity contribution in [2.75, 3.05) is 4.72 Å². The van der Waals surface area contributed by atoms with E-state index in [1.807, 2.05) is 0 Å². The molecule has 0 aliphatic carbocycles. The Kier molecular flexibility index (Phi) is 3.11. The van der Waals surface area contributed by atoms with E-state index in [1.165, 1.54) is 22.2 Å². The molecule has 0 aliphatic heterocycles. The topological polar surface area (TPSA) is 76.9 Å². The van der Waals surface area contributed by atoms with Crippen LogP contribution in [0.2, 0.25) is 5.15 Å². The molecule has 2 heterocycles. The smallest absolute Gasteiger partial charge is 0.255 e. The van der Waals surface area contributed by atoms with E-state index in [9.17, 15) is 8.42 Å². The molecule has 2 aromatic rings. The van der Waals surface area contributed by atoms with Crippen molar-refractivity contribution >= 4 is 38.1 Å². The predicted molar refractivity (Wildman–Crippen MR) is 65.9 cm³/mol. The van der Waals surface area contributed by atoms with Crippen molar-refractivity contribution < 1.29 is 8.42 Å². The number of anilines is 1. The molecule has 17 heavy (non-hydrogen) atoms. The molecule has 2 aromatic heterocycles. The molecule has 0 atom stereocenters. The van der Waals surface area contributed by atoms with Gasteiger partial charge in [0.05, 0.1) is 5.69 Å². The third kappa shape index (κ3) is 2.28. The lowest BCUT2D eigenvalue weighted by atomic mass is 10.5. The molecule has 0 fully saturated rings. The number of aromatic nitrogens is 3. The zero-order chi connectivity index (χ0) is 12.6. The van der Waals surface area contributed by atoms with Gasteiger partial charge >= 0.3 is 0 Å². The lowest BCUT2D eigenvalue weighted by molar-refractivity contribution is 0.600. The molecule has 0 aromatic carbocycles. The van der Waals surface area contributed by atoms with Crippen molar-refractivity contribution in [1.82, 2.24) is 14.8 Å². The molecule has 0 unspecified atom stereocenters. The Morgan fingerprint density at radius 1 is 1.53 bits per heavy atom. The van der Waals surface area contributed by atoms with Gasteiger partial charge in [-0.25, -0.2) is 13.4 Å². The number of sulfonamides is 1. The average molecular weight is 293 g/mol. The number of nitrogens with one attached hydrogen (secondary N) is 1. The van der Waals surface area contributed by atoms with Crippen LogP contribution in [0.1, 0.15) is 5.69 Å². The Hall–Kier alpha value is -1.12. The Labute approximate surface area is 107 Å². The van der Waals surface area contributed by atoms with Gasteiger partial charge in [-0.3, -0.25) is 9.40 Å². The zero-order valence-electron chi connectivity index (χ0n) is 9.01. The summed E-state index contributed by atoms with van der Waals surface area (Å²) >= 11 is 7.09. The van der Waals surface area contributed by atoms with Crippen LogP contribution in [-0.4, -0.2) is 23.2 Å². The summed E-state index contributed by atoms with van der Waals surface area (Å²) < 4.78 is 27.8. The molecule has 0 bridgehead atoms. The molecular formula is C8H9ClN4O2S2. The monoisotopic (exact) mass is 292 g/mol. The summed E-state index contributed by atoms with van der Waals surface area (Å²) in [5, 5.41) is 6.00. The quantitative estimate of drug-likeness (QED) is 0.933. The summed E-state index contributed by atoms with van der Waals surface area (Å²) in [7, 11) is -2.16. The normalized spacial score (nSPS) is 11.7. The second-order valence-corrected chi connectivity index (χ2v) is 6.14. The fraction of sp³-hybridized carbons (Fsp3) is 0.250. The van der Waals surface area contributed by atoms with Crippen LogP contribution in [0.3, 0.4) is 0 Å². The first-order chi connectivity index (χ1) is 7.92. The Balaban J connectivity index is 2.45. The van der Waals surface area contributed by atoms with Crippen LogP contribution in [0.15, 0.2) is 16.5 Å². The molecule has 0 radical (unpaired) electrons. The van der Waals surface area contributed by atoms with E-state index in [2.05, 4.69) is 14.8 Å². The first-order valence-electron chi connectivity index (χ1n) is 4.53. The van der Waals surface area contributed by atoms with Crippen LogP contribution >= 0.6 is 22.9 Å². The first kappa shape index (κ1) is 12.3. The minimum Gasteiger partial charge on any atom is -0.255 e. The number of hydrogen-bond donors (Lipinski definition) is 1. The summed E-state index contributed by atoms with van der Waals surface area (Å²) in [6.07, 6.45) is 1.51. The van der Waals surface area contributed by atoms with Crippen molar-refractivity contribution in [2.24, 2.45) is 7.05 Å². The van der Waals surface area contributed by atoms with E-state index >= 15 is 0 Å². The molecule has 0 saturated heterocycles. The molecule has 2 rings (SSSR count). The summed E-state index contributed by atoms with van der Waals surface area (Å²) in [5.74, 6) is 0. The van der Waals surface area contributed by atoms with E-state index in [-0.39, 0.29) is 10.0 Å². The molecule has 92 valence electrons. The van der Waals surface area contributed by atoms with Crippen molar-refractivity contribution in [3.8, 4) is 0 Å². The van der Waals surface area contributed by atoms with Gasteiger partial charge < -0.3 is 0 Å². The number of aryl methyl sites for hydroxylation is 2. The van der Waals surface area contributed by atoms with Gasteiger partial charge in [0.1, 0.15) is 10.0 Å². The molecule has 9 heteroatoms. The van der Waals surface area contributed by atoms with Gasteiger partial charge in [-0.1, -0.05) is 11.6 Å². The minimum atomic E-state index is -3.74. The van der Waals surface area contributed by atoms with Gasteiger partial charge in [0, 0.05) is 18.6 Å². The van der Waals surface area contributed by atoms with E-state index in [4.69, 9.17) is 11.6 Å². The number of nitrogens with zero attached hydrogens (tertiary/aromatic N) is 3. The molecule has 0 amide bonds. The molecule has 6 nitrogen and oxygen atoms in total. The van der Waals surface area contributed by atoms with Crippen molar-refractivity contribution in [1.29, 1.82) is 0 Å². The number of hydrogen-bond acceptors (Lipinski definition) is 5. The highest BCUT2D eigenvalue weighted by Gasteiger charge is 2.25. The maximum Gasteiger partial charge on any atom is 0.268 e. The van der Waals surface area contributed by atoms with E-state index < -0.39 is 10.0 Å². The molecular weight excluding hydrogens is 284 g/mol. The maximum absolute atomic E-state index is 12.1. The van der Waals surface area contributed by atoms with Gasteiger partial charge in [-0.05, 0) is 6.92 Å². The first-order valence-corrected chi connectivity index (χ1v) is 7.27. The van der Waals surface area contributed by atoms with Gasteiger partial charge in [-0.2, -0.15) is 5.10 Å². The highest BCUT2D eigenvalue weighted by Crippen LogP contribution is 2.26. The SMILES string of the molecule is Cc1nn(C)c(Cl)c1S(=O)(=O)Nc1nccs1. The lowest BCUT2D eigenvalue weighted by Gasteiger charge is -2.04. The Morgan fingerprint density at radius 2 is 2.24 bits per heavy atom. The zero-order valence-corrected chi connectivity index (χ0v) is 11.4. The van der Waals surface area contributed by atoms with Crippen molar-refractivity contribution in [2.45, 2.75) is 11.8 Å². The van der Waals surface area contributed by atoms with Crippen LogP contribution in [0, 0.1) is 6.92 Å². The molecule has 1 N–H and O–H groups in total. The number of thiazole rings is 1. The minimum absolute atomic E-state index is 0.0168. The average Bonchev–Trinajstić information content (AvgIpc) is 2.76. The predicted octanol–water partition coefficient (Wildman–Crippen LogP) is 1.64. The van der Waals surface area contributed by atoms with Crippen LogP contribution in [0.25, 0.3) is 0 Å². The Bertz CT molecular complexity index is 633. The van der Waals surface area contributed by atoms with Gasteiger partial charge in [-0.15, -0.1) is 11.3 Å². The second kappa shape index (κ2) is 4.28. The van der Waals surface area contributed by atoms with Crippen LogP contribution in [0.5, 0.6) is 0 Å².